The van der Waals surface area contributed by atoms with Crippen LogP contribution in [0, 0.1) is 0 Å². The summed E-state index contributed by atoms with van der Waals surface area (Å²) in [6.45, 7) is 0.433. The summed E-state index contributed by atoms with van der Waals surface area (Å²) in [4.78, 5) is 11.4. The highest BCUT2D eigenvalue weighted by Gasteiger charge is 2.41. The summed E-state index contributed by atoms with van der Waals surface area (Å²) in [6, 6.07) is 7.43. The Morgan fingerprint density at radius 3 is 3.00 bits per heavy atom. The normalized spacial score (nSPS) is 23.9. The lowest BCUT2D eigenvalue weighted by Crippen LogP contribution is -2.37. The smallest absolute Gasteiger partial charge is 0.344 e. The molecule has 16 heavy (non-hydrogen) atoms. The zero-order valence-corrected chi connectivity index (χ0v) is 9.13. The molecule has 0 saturated heterocycles. The maximum Gasteiger partial charge on any atom is 0.344 e. The van der Waals surface area contributed by atoms with Crippen molar-refractivity contribution in [3.05, 3.63) is 29.8 Å². The fraction of sp³-hybridized carbons (Fsp3) is 0.417. The van der Waals surface area contributed by atoms with Gasteiger partial charge in [-0.1, -0.05) is 18.2 Å². The first-order valence-corrected chi connectivity index (χ1v) is 5.25. The van der Waals surface area contributed by atoms with Crippen molar-refractivity contribution >= 4 is 11.7 Å². The van der Waals surface area contributed by atoms with Crippen LogP contribution in [0.25, 0.3) is 0 Å². The van der Waals surface area contributed by atoms with Gasteiger partial charge in [0.1, 0.15) is 0 Å². The zero-order chi connectivity index (χ0) is 11.6. The summed E-state index contributed by atoms with van der Waals surface area (Å²) in [7, 11) is 1.22. The van der Waals surface area contributed by atoms with Crippen molar-refractivity contribution in [1.82, 2.24) is 0 Å². The fourth-order valence-electron chi connectivity index (χ4n) is 1.99. The van der Waals surface area contributed by atoms with E-state index in [9.17, 15) is 9.18 Å². The Labute approximate surface area is 93.6 Å². The third-order valence-electron chi connectivity index (χ3n) is 2.88. The van der Waals surface area contributed by atoms with Crippen LogP contribution >= 0.6 is 0 Å². The number of hydrogen-bond donors (Lipinski definition) is 1. The predicted molar refractivity (Wildman–Crippen MR) is 59.1 cm³/mol. The average molecular weight is 223 g/mol. The number of carbonyl (C=O) groups excluding carboxylic acids is 1. The third-order valence-corrected chi connectivity index (χ3v) is 2.88. The van der Waals surface area contributed by atoms with Crippen LogP contribution in [0.4, 0.5) is 10.1 Å². The van der Waals surface area contributed by atoms with Gasteiger partial charge in [0.15, 0.2) is 0 Å². The van der Waals surface area contributed by atoms with Crippen LogP contribution in [-0.4, -0.2) is 25.3 Å². The van der Waals surface area contributed by atoms with Gasteiger partial charge < -0.3 is 10.1 Å². The van der Waals surface area contributed by atoms with E-state index in [1.807, 2.05) is 24.3 Å². The van der Waals surface area contributed by atoms with Crippen LogP contribution in [0.5, 0.6) is 0 Å². The van der Waals surface area contributed by atoms with Gasteiger partial charge in [0, 0.05) is 25.1 Å². The number of fused-ring (bicyclic) bond motifs is 1. The molecule has 1 heterocycles. The fourth-order valence-corrected chi connectivity index (χ4v) is 1.99. The summed E-state index contributed by atoms with van der Waals surface area (Å²) in [5, 5.41) is 3.11. The number of esters is 1. The monoisotopic (exact) mass is 223 g/mol. The number of methoxy groups -OCH3 is 1. The Morgan fingerprint density at radius 1 is 1.50 bits per heavy atom. The molecule has 1 unspecified atom stereocenters. The first-order chi connectivity index (χ1) is 7.65. The zero-order valence-electron chi connectivity index (χ0n) is 9.13. The number of hydrogen-bond acceptors (Lipinski definition) is 3. The number of rotatable bonds is 1. The van der Waals surface area contributed by atoms with E-state index >= 15 is 0 Å². The van der Waals surface area contributed by atoms with Gasteiger partial charge in [-0.3, -0.25) is 0 Å². The van der Waals surface area contributed by atoms with Crippen molar-refractivity contribution in [1.29, 1.82) is 0 Å². The van der Waals surface area contributed by atoms with Crippen molar-refractivity contribution < 1.29 is 13.9 Å². The Morgan fingerprint density at radius 2 is 2.25 bits per heavy atom. The number of alkyl halides is 1. The second-order valence-electron chi connectivity index (χ2n) is 3.97. The van der Waals surface area contributed by atoms with Gasteiger partial charge >= 0.3 is 5.97 Å². The van der Waals surface area contributed by atoms with Gasteiger partial charge in [-0.25, -0.2) is 9.18 Å². The molecule has 2 rings (SSSR count). The molecule has 1 aliphatic rings. The first kappa shape index (κ1) is 10.9. The second kappa shape index (κ2) is 4.12. The summed E-state index contributed by atoms with van der Waals surface area (Å²) < 4.78 is 18.9. The van der Waals surface area contributed by atoms with Crippen LogP contribution in [0.2, 0.25) is 0 Å². The molecule has 1 N–H and O–H groups in total. The number of halogens is 1. The Bertz CT molecular complexity index is 408. The molecule has 0 bridgehead atoms. The lowest BCUT2D eigenvalue weighted by Gasteiger charge is -2.19. The van der Waals surface area contributed by atoms with E-state index in [4.69, 9.17) is 0 Å². The Hall–Kier alpha value is -1.58. The molecule has 0 saturated carbocycles. The van der Waals surface area contributed by atoms with Gasteiger partial charge in [0.05, 0.1) is 7.11 Å². The van der Waals surface area contributed by atoms with Crippen LogP contribution in [0.1, 0.15) is 12.0 Å². The van der Waals surface area contributed by atoms with Crippen molar-refractivity contribution in [2.24, 2.45) is 0 Å². The molecular weight excluding hydrogens is 209 g/mol. The van der Waals surface area contributed by atoms with Crippen LogP contribution < -0.4 is 5.32 Å². The number of nitrogens with one attached hydrogen (secondary N) is 1. The van der Waals surface area contributed by atoms with Gasteiger partial charge in [-0.15, -0.1) is 0 Å². The number of benzene rings is 1. The lowest BCUT2D eigenvalue weighted by molar-refractivity contribution is -0.154. The summed E-state index contributed by atoms with van der Waals surface area (Å²) >= 11 is 0. The average Bonchev–Trinajstić information content (AvgIpc) is 2.47. The van der Waals surface area contributed by atoms with Crippen molar-refractivity contribution in [2.45, 2.75) is 18.5 Å². The minimum atomic E-state index is -1.91. The lowest BCUT2D eigenvalue weighted by atomic mass is 9.94. The summed E-state index contributed by atoms with van der Waals surface area (Å²) in [6.07, 6.45) is 0.206. The number of carbonyl (C=O) groups is 1. The maximum atomic E-state index is 14.4. The van der Waals surface area contributed by atoms with Crippen molar-refractivity contribution in [3.63, 3.8) is 0 Å². The number of anilines is 1. The summed E-state index contributed by atoms with van der Waals surface area (Å²) in [5.74, 6) is -0.786. The molecule has 3 nitrogen and oxygen atoms in total. The summed E-state index contributed by atoms with van der Waals surface area (Å²) in [5.41, 5.74) is -0.201. The van der Waals surface area contributed by atoms with Crippen LogP contribution in [0.15, 0.2) is 24.3 Å². The highest BCUT2D eigenvalue weighted by atomic mass is 19.1. The highest BCUT2D eigenvalue weighted by molar-refractivity contribution is 5.80. The van der Waals surface area contributed by atoms with Gasteiger partial charge in [0.25, 0.3) is 0 Å². The molecule has 1 aliphatic heterocycles. The quantitative estimate of drug-likeness (QED) is 0.739. The van der Waals surface area contributed by atoms with Crippen LogP contribution in [-0.2, 0) is 16.0 Å². The molecular formula is C12H14FNO2. The van der Waals surface area contributed by atoms with E-state index in [1.165, 1.54) is 7.11 Å². The van der Waals surface area contributed by atoms with Crippen molar-refractivity contribution in [3.8, 4) is 0 Å². The van der Waals surface area contributed by atoms with E-state index in [2.05, 4.69) is 10.1 Å². The van der Waals surface area contributed by atoms with Crippen LogP contribution in [0.3, 0.4) is 0 Å². The molecule has 0 radical (unpaired) electrons. The molecule has 0 aromatic heterocycles. The molecule has 0 fully saturated rings. The Balaban J connectivity index is 2.32. The molecule has 1 aromatic carbocycles. The first-order valence-electron chi connectivity index (χ1n) is 5.25. The molecule has 86 valence electrons. The minimum Gasteiger partial charge on any atom is -0.467 e. The number of ether oxygens (including phenoxy) is 1. The largest absolute Gasteiger partial charge is 0.467 e. The van der Waals surface area contributed by atoms with Crippen molar-refractivity contribution in [2.75, 3.05) is 19.0 Å². The van der Waals surface area contributed by atoms with E-state index in [1.54, 1.807) is 0 Å². The minimum absolute atomic E-state index is 0.0723. The molecule has 0 spiro atoms. The predicted octanol–water partition coefficient (Wildman–Crippen LogP) is 1.93. The van der Waals surface area contributed by atoms with Gasteiger partial charge in [-0.05, 0) is 11.6 Å². The maximum absolute atomic E-state index is 14.4. The molecule has 0 aliphatic carbocycles. The molecule has 4 heteroatoms. The van der Waals surface area contributed by atoms with E-state index < -0.39 is 11.6 Å². The van der Waals surface area contributed by atoms with Gasteiger partial charge in [0.2, 0.25) is 5.67 Å². The van der Waals surface area contributed by atoms with E-state index in [0.29, 0.717) is 6.54 Å². The molecule has 1 aromatic rings. The standard InChI is InChI=1S/C12H14FNO2/c1-16-11(15)12(13)6-7-14-10-5-3-2-4-9(10)8-12/h2-5,14H,6-8H2,1H3. The third kappa shape index (κ3) is 1.87. The highest BCUT2D eigenvalue weighted by Crippen LogP contribution is 2.30. The van der Waals surface area contributed by atoms with Gasteiger partial charge in [-0.2, -0.15) is 0 Å². The molecule has 1 atom stereocenters. The SMILES string of the molecule is COC(=O)C1(F)CCNc2ccccc2C1. The molecule has 0 amide bonds. The van der Waals surface area contributed by atoms with E-state index in [-0.39, 0.29) is 12.8 Å². The van der Waals surface area contributed by atoms with E-state index in [0.717, 1.165) is 11.3 Å². The topological polar surface area (TPSA) is 38.3 Å². The second-order valence-corrected chi connectivity index (χ2v) is 3.97. The number of para-hydroxylation sites is 1. The Kier molecular flexibility index (Phi) is 2.81.